The zero-order valence-electron chi connectivity index (χ0n) is 7.22. The lowest BCUT2D eigenvalue weighted by Gasteiger charge is -2.09. The van der Waals surface area contributed by atoms with E-state index in [0.717, 1.165) is 13.1 Å². The van der Waals surface area contributed by atoms with E-state index in [2.05, 4.69) is 4.98 Å². The lowest BCUT2D eigenvalue weighted by molar-refractivity contribution is -0.137. The van der Waals surface area contributed by atoms with Gasteiger partial charge in [0.25, 0.3) is 0 Å². The number of Topliss-reactive ketones (excluding diaryl/α,β-unsaturated/α-hetero) is 1. The topological polar surface area (TPSA) is 56.0 Å². The summed E-state index contributed by atoms with van der Waals surface area (Å²) in [4.78, 5) is 14.1. The van der Waals surface area contributed by atoms with Crippen LogP contribution in [-0.2, 0) is 6.18 Å². The molecule has 0 saturated carbocycles. The van der Waals surface area contributed by atoms with Crippen molar-refractivity contribution in [1.82, 2.24) is 4.98 Å². The number of pyridine rings is 1. The van der Waals surface area contributed by atoms with Crippen LogP contribution in [0.2, 0.25) is 0 Å². The highest BCUT2D eigenvalue weighted by molar-refractivity contribution is 5.94. The molecule has 0 saturated heterocycles. The predicted molar refractivity (Wildman–Crippen MR) is 43.7 cm³/mol. The fourth-order valence-electron chi connectivity index (χ4n) is 0.895. The van der Waals surface area contributed by atoms with E-state index in [4.69, 9.17) is 5.73 Å². The Bertz CT molecular complexity index is 373. The van der Waals surface area contributed by atoms with Crippen LogP contribution in [0, 0.1) is 0 Å². The second kappa shape index (κ2) is 3.28. The van der Waals surface area contributed by atoms with Gasteiger partial charge in [0.2, 0.25) is 0 Å². The summed E-state index contributed by atoms with van der Waals surface area (Å²) >= 11 is 0. The molecule has 76 valence electrons. The highest BCUT2D eigenvalue weighted by Crippen LogP contribution is 2.32. The van der Waals surface area contributed by atoms with Crippen molar-refractivity contribution in [3.63, 3.8) is 0 Å². The summed E-state index contributed by atoms with van der Waals surface area (Å²) in [6.07, 6.45) is -3.56. The van der Waals surface area contributed by atoms with Gasteiger partial charge in [-0.2, -0.15) is 13.2 Å². The summed E-state index contributed by atoms with van der Waals surface area (Å²) in [5, 5.41) is 0. The average molecular weight is 204 g/mol. The van der Waals surface area contributed by atoms with E-state index in [1.54, 1.807) is 0 Å². The van der Waals surface area contributed by atoms with E-state index in [0.29, 0.717) is 6.07 Å². The maximum atomic E-state index is 12.3. The SMILES string of the molecule is CC(=O)c1cnc(N)c(C(F)(F)F)c1. The van der Waals surface area contributed by atoms with Crippen LogP contribution in [0.5, 0.6) is 0 Å². The van der Waals surface area contributed by atoms with Gasteiger partial charge in [-0.15, -0.1) is 0 Å². The predicted octanol–water partition coefficient (Wildman–Crippen LogP) is 1.89. The maximum Gasteiger partial charge on any atom is 0.419 e. The van der Waals surface area contributed by atoms with Gasteiger partial charge < -0.3 is 5.73 Å². The molecule has 0 spiro atoms. The minimum Gasteiger partial charge on any atom is -0.383 e. The lowest BCUT2D eigenvalue weighted by atomic mass is 10.1. The van der Waals surface area contributed by atoms with Crippen molar-refractivity contribution in [2.24, 2.45) is 0 Å². The smallest absolute Gasteiger partial charge is 0.383 e. The zero-order chi connectivity index (χ0) is 10.9. The van der Waals surface area contributed by atoms with Gasteiger partial charge in [-0.3, -0.25) is 4.79 Å². The number of nitrogen functional groups attached to an aromatic ring is 1. The van der Waals surface area contributed by atoms with Crippen molar-refractivity contribution in [2.45, 2.75) is 13.1 Å². The van der Waals surface area contributed by atoms with E-state index < -0.39 is 23.3 Å². The Kier molecular flexibility index (Phi) is 2.46. The van der Waals surface area contributed by atoms with E-state index in [1.807, 2.05) is 0 Å². The number of rotatable bonds is 1. The highest BCUT2D eigenvalue weighted by Gasteiger charge is 2.34. The molecule has 0 aliphatic rings. The normalized spacial score (nSPS) is 11.4. The van der Waals surface area contributed by atoms with Gasteiger partial charge in [0, 0.05) is 11.8 Å². The highest BCUT2D eigenvalue weighted by atomic mass is 19.4. The van der Waals surface area contributed by atoms with Crippen molar-refractivity contribution >= 4 is 11.6 Å². The summed E-state index contributed by atoms with van der Waals surface area (Å²) in [6, 6.07) is 0.699. The third-order valence-electron chi connectivity index (χ3n) is 1.63. The first-order valence-corrected chi connectivity index (χ1v) is 3.66. The van der Waals surface area contributed by atoms with Crippen LogP contribution in [0.1, 0.15) is 22.8 Å². The molecule has 0 bridgehead atoms. The van der Waals surface area contributed by atoms with Gasteiger partial charge in [0.1, 0.15) is 5.82 Å². The number of aromatic nitrogens is 1. The summed E-state index contributed by atoms with van der Waals surface area (Å²) in [5.41, 5.74) is 3.85. The maximum absolute atomic E-state index is 12.3. The number of hydrogen-bond donors (Lipinski definition) is 1. The summed E-state index contributed by atoms with van der Waals surface area (Å²) in [6.45, 7) is 1.16. The lowest BCUT2D eigenvalue weighted by Crippen LogP contribution is -2.12. The van der Waals surface area contributed by atoms with E-state index in [9.17, 15) is 18.0 Å². The van der Waals surface area contributed by atoms with E-state index in [-0.39, 0.29) is 5.56 Å². The standard InChI is InChI=1S/C8H7F3N2O/c1-4(14)5-2-6(8(9,10)11)7(12)13-3-5/h2-3H,1H3,(H2,12,13). The Balaban J connectivity index is 3.29. The molecule has 0 unspecified atom stereocenters. The Hall–Kier alpha value is -1.59. The number of carbonyl (C=O) groups is 1. The van der Waals surface area contributed by atoms with Gasteiger partial charge in [0.15, 0.2) is 5.78 Å². The molecular formula is C8H7F3N2O. The Morgan fingerprint density at radius 1 is 1.50 bits per heavy atom. The van der Waals surface area contributed by atoms with Gasteiger partial charge in [-0.1, -0.05) is 0 Å². The van der Waals surface area contributed by atoms with E-state index in [1.165, 1.54) is 0 Å². The number of nitrogens with two attached hydrogens (primary N) is 1. The molecule has 1 heterocycles. The number of halogens is 3. The summed E-state index contributed by atoms with van der Waals surface area (Å²) in [5.74, 6) is -1.11. The third kappa shape index (κ3) is 2.01. The van der Waals surface area contributed by atoms with Crippen LogP contribution in [0.4, 0.5) is 19.0 Å². The van der Waals surface area contributed by atoms with Crippen molar-refractivity contribution in [2.75, 3.05) is 5.73 Å². The molecule has 0 atom stereocenters. The fraction of sp³-hybridized carbons (Fsp3) is 0.250. The molecule has 6 heteroatoms. The Labute approximate surface area is 77.7 Å². The van der Waals surface area contributed by atoms with Crippen LogP contribution in [0.3, 0.4) is 0 Å². The Morgan fingerprint density at radius 3 is 2.50 bits per heavy atom. The Morgan fingerprint density at radius 2 is 2.07 bits per heavy atom. The largest absolute Gasteiger partial charge is 0.419 e. The van der Waals surface area contributed by atoms with Crippen molar-refractivity contribution in [1.29, 1.82) is 0 Å². The van der Waals surface area contributed by atoms with Crippen LogP contribution < -0.4 is 5.73 Å². The minimum atomic E-state index is -4.58. The number of ketones is 1. The summed E-state index contributed by atoms with van der Waals surface area (Å²) in [7, 11) is 0. The van der Waals surface area contributed by atoms with E-state index >= 15 is 0 Å². The van der Waals surface area contributed by atoms with Crippen LogP contribution in [-0.4, -0.2) is 10.8 Å². The quantitative estimate of drug-likeness (QED) is 0.710. The molecule has 0 amide bonds. The van der Waals surface area contributed by atoms with Gasteiger partial charge >= 0.3 is 6.18 Å². The first kappa shape index (κ1) is 10.5. The molecule has 2 N–H and O–H groups in total. The fourth-order valence-corrected chi connectivity index (χ4v) is 0.895. The first-order valence-electron chi connectivity index (χ1n) is 3.66. The molecule has 0 aliphatic heterocycles. The molecule has 1 rings (SSSR count). The summed E-state index contributed by atoms with van der Waals surface area (Å²) < 4.78 is 36.8. The third-order valence-corrected chi connectivity index (χ3v) is 1.63. The van der Waals surface area contributed by atoms with Gasteiger partial charge in [-0.25, -0.2) is 4.98 Å². The van der Waals surface area contributed by atoms with Crippen molar-refractivity contribution in [3.8, 4) is 0 Å². The van der Waals surface area contributed by atoms with Gasteiger partial charge in [0.05, 0.1) is 5.56 Å². The van der Waals surface area contributed by atoms with Gasteiger partial charge in [-0.05, 0) is 13.0 Å². The molecule has 0 radical (unpaired) electrons. The molecule has 0 aromatic carbocycles. The minimum absolute atomic E-state index is 0.105. The first-order chi connectivity index (χ1) is 6.32. The molecule has 1 aromatic rings. The molecule has 0 aliphatic carbocycles. The van der Waals surface area contributed by atoms with Crippen LogP contribution in [0.15, 0.2) is 12.3 Å². The monoisotopic (exact) mass is 204 g/mol. The molecule has 3 nitrogen and oxygen atoms in total. The van der Waals surface area contributed by atoms with Crippen molar-refractivity contribution in [3.05, 3.63) is 23.4 Å². The average Bonchev–Trinajstić information content (AvgIpc) is 2.02. The molecule has 1 aromatic heterocycles. The van der Waals surface area contributed by atoms with Crippen LogP contribution in [0.25, 0.3) is 0 Å². The number of hydrogen-bond acceptors (Lipinski definition) is 3. The molecule has 0 fully saturated rings. The second-order valence-electron chi connectivity index (χ2n) is 2.71. The number of carbonyl (C=O) groups excluding carboxylic acids is 1. The molecule has 14 heavy (non-hydrogen) atoms. The zero-order valence-corrected chi connectivity index (χ0v) is 7.22. The molecular weight excluding hydrogens is 197 g/mol. The van der Waals surface area contributed by atoms with Crippen molar-refractivity contribution < 1.29 is 18.0 Å². The van der Waals surface area contributed by atoms with Crippen LogP contribution >= 0.6 is 0 Å². The number of nitrogens with zero attached hydrogens (tertiary/aromatic N) is 1. The second-order valence-corrected chi connectivity index (χ2v) is 2.71. The number of anilines is 1. The number of alkyl halides is 3.